The highest BCUT2D eigenvalue weighted by Gasteiger charge is 2.20. The normalized spacial score (nSPS) is 12.6. The molecule has 0 aromatic heterocycles. The Morgan fingerprint density at radius 2 is 1.76 bits per heavy atom. The van der Waals surface area contributed by atoms with Crippen molar-refractivity contribution in [1.29, 1.82) is 0 Å². The van der Waals surface area contributed by atoms with Gasteiger partial charge in [-0.1, -0.05) is 32.9 Å². The SMILES string of the molecule is CC(NC(=O)CCNC(=O)C(C)(C)C)c1ccc(F)cc1. The Kier molecular flexibility index (Phi) is 5.88. The van der Waals surface area contributed by atoms with Crippen LogP contribution in [-0.4, -0.2) is 18.4 Å². The van der Waals surface area contributed by atoms with E-state index in [2.05, 4.69) is 10.6 Å². The molecule has 1 atom stereocenters. The van der Waals surface area contributed by atoms with Crippen LogP contribution in [0.1, 0.15) is 45.7 Å². The van der Waals surface area contributed by atoms with E-state index in [1.807, 2.05) is 27.7 Å². The maximum Gasteiger partial charge on any atom is 0.225 e. The summed E-state index contributed by atoms with van der Waals surface area (Å²) in [6.07, 6.45) is 0.216. The van der Waals surface area contributed by atoms with Gasteiger partial charge in [0, 0.05) is 18.4 Å². The molecule has 4 nitrogen and oxygen atoms in total. The Hall–Kier alpha value is -1.91. The van der Waals surface area contributed by atoms with Crippen molar-refractivity contribution in [1.82, 2.24) is 10.6 Å². The number of halogens is 1. The number of carbonyl (C=O) groups is 2. The third kappa shape index (κ3) is 5.94. The van der Waals surface area contributed by atoms with Gasteiger partial charge in [-0.25, -0.2) is 4.39 Å². The Morgan fingerprint density at radius 1 is 1.19 bits per heavy atom. The Labute approximate surface area is 125 Å². The molecule has 1 rings (SSSR count). The fourth-order valence-electron chi connectivity index (χ4n) is 1.70. The Balaban J connectivity index is 2.37. The van der Waals surface area contributed by atoms with Gasteiger partial charge in [-0.2, -0.15) is 0 Å². The van der Waals surface area contributed by atoms with Gasteiger partial charge in [0.25, 0.3) is 0 Å². The standard InChI is InChI=1S/C16H23FN2O2/c1-11(12-5-7-13(17)8-6-12)19-14(20)9-10-18-15(21)16(2,3)4/h5-8,11H,9-10H2,1-4H3,(H,18,21)(H,19,20). The van der Waals surface area contributed by atoms with Crippen LogP contribution < -0.4 is 10.6 Å². The molecule has 1 unspecified atom stereocenters. The molecule has 116 valence electrons. The zero-order valence-corrected chi connectivity index (χ0v) is 13.0. The van der Waals surface area contributed by atoms with Crippen LogP contribution in [0.4, 0.5) is 4.39 Å². The van der Waals surface area contributed by atoms with Crippen molar-refractivity contribution in [3.63, 3.8) is 0 Å². The number of benzene rings is 1. The van der Waals surface area contributed by atoms with E-state index in [-0.39, 0.29) is 30.1 Å². The van der Waals surface area contributed by atoms with Crippen molar-refractivity contribution in [3.05, 3.63) is 35.6 Å². The predicted molar refractivity (Wildman–Crippen MR) is 80.0 cm³/mol. The average Bonchev–Trinajstić information content (AvgIpc) is 2.38. The van der Waals surface area contributed by atoms with Gasteiger partial charge in [-0.05, 0) is 24.6 Å². The van der Waals surface area contributed by atoms with Gasteiger partial charge in [-0.15, -0.1) is 0 Å². The first-order chi connectivity index (χ1) is 9.70. The summed E-state index contributed by atoms with van der Waals surface area (Å²) in [5.74, 6) is -0.537. The predicted octanol–water partition coefficient (Wildman–Crippen LogP) is 2.56. The van der Waals surface area contributed by atoms with Crippen molar-refractivity contribution in [2.75, 3.05) is 6.54 Å². The van der Waals surface area contributed by atoms with Crippen LogP contribution in [0.2, 0.25) is 0 Å². The van der Waals surface area contributed by atoms with Crippen LogP contribution >= 0.6 is 0 Å². The molecular formula is C16H23FN2O2. The molecule has 0 spiro atoms. The molecule has 0 aliphatic rings. The maximum absolute atomic E-state index is 12.8. The minimum atomic E-state index is -0.460. The first-order valence-corrected chi connectivity index (χ1v) is 7.03. The first-order valence-electron chi connectivity index (χ1n) is 7.03. The second-order valence-corrected chi connectivity index (χ2v) is 6.10. The summed E-state index contributed by atoms with van der Waals surface area (Å²) in [6.45, 7) is 7.59. The molecule has 2 amide bonds. The lowest BCUT2D eigenvalue weighted by molar-refractivity contribution is -0.128. The summed E-state index contributed by atoms with van der Waals surface area (Å²) in [5, 5.41) is 5.54. The van der Waals surface area contributed by atoms with Crippen LogP contribution in [0, 0.1) is 11.2 Å². The van der Waals surface area contributed by atoms with Gasteiger partial charge in [0.1, 0.15) is 5.82 Å². The highest BCUT2D eigenvalue weighted by molar-refractivity contribution is 5.82. The molecule has 1 aromatic rings. The third-order valence-corrected chi connectivity index (χ3v) is 3.07. The lowest BCUT2D eigenvalue weighted by Crippen LogP contribution is -2.37. The van der Waals surface area contributed by atoms with Crippen LogP contribution in [0.15, 0.2) is 24.3 Å². The number of nitrogens with one attached hydrogen (secondary N) is 2. The molecule has 2 N–H and O–H groups in total. The summed E-state index contributed by atoms with van der Waals surface area (Å²) in [6, 6.07) is 5.81. The fraction of sp³-hybridized carbons (Fsp3) is 0.500. The average molecular weight is 294 g/mol. The zero-order valence-electron chi connectivity index (χ0n) is 13.0. The molecule has 1 aromatic carbocycles. The van der Waals surface area contributed by atoms with Crippen molar-refractivity contribution in [3.8, 4) is 0 Å². The summed E-state index contributed by atoms with van der Waals surface area (Å²) >= 11 is 0. The van der Waals surface area contributed by atoms with E-state index >= 15 is 0 Å². The number of hydrogen-bond donors (Lipinski definition) is 2. The van der Waals surface area contributed by atoms with E-state index in [1.165, 1.54) is 12.1 Å². The van der Waals surface area contributed by atoms with E-state index in [1.54, 1.807) is 12.1 Å². The quantitative estimate of drug-likeness (QED) is 0.877. The molecule has 0 bridgehead atoms. The number of amides is 2. The zero-order chi connectivity index (χ0) is 16.0. The van der Waals surface area contributed by atoms with E-state index in [9.17, 15) is 14.0 Å². The van der Waals surface area contributed by atoms with Gasteiger partial charge in [-0.3, -0.25) is 9.59 Å². The van der Waals surface area contributed by atoms with Gasteiger partial charge in [0.15, 0.2) is 0 Å². The number of rotatable bonds is 5. The summed E-state index contributed by atoms with van der Waals surface area (Å²) < 4.78 is 12.8. The van der Waals surface area contributed by atoms with Crippen molar-refractivity contribution < 1.29 is 14.0 Å². The van der Waals surface area contributed by atoms with Crippen molar-refractivity contribution in [2.24, 2.45) is 5.41 Å². The van der Waals surface area contributed by atoms with Crippen LogP contribution in [0.5, 0.6) is 0 Å². The summed E-state index contributed by atoms with van der Waals surface area (Å²) in [7, 11) is 0. The molecule has 0 radical (unpaired) electrons. The fourth-order valence-corrected chi connectivity index (χ4v) is 1.70. The Bertz CT molecular complexity index is 492. The van der Waals surface area contributed by atoms with E-state index in [4.69, 9.17) is 0 Å². The summed E-state index contributed by atoms with van der Waals surface area (Å²) in [5.41, 5.74) is 0.376. The van der Waals surface area contributed by atoms with Crippen molar-refractivity contribution in [2.45, 2.75) is 40.2 Å². The van der Waals surface area contributed by atoms with Gasteiger partial charge in [0.2, 0.25) is 11.8 Å². The molecule has 0 aliphatic carbocycles. The van der Waals surface area contributed by atoms with Crippen LogP contribution in [-0.2, 0) is 9.59 Å². The van der Waals surface area contributed by atoms with Crippen LogP contribution in [0.3, 0.4) is 0 Å². The highest BCUT2D eigenvalue weighted by atomic mass is 19.1. The first kappa shape index (κ1) is 17.1. The lowest BCUT2D eigenvalue weighted by Gasteiger charge is -2.18. The van der Waals surface area contributed by atoms with E-state index in [0.29, 0.717) is 6.54 Å². The second kappa shape index (κ2) is 7.20. The number of carbonyl (C=O) groups excluding carboxylic acids is 2. The Morgan fingerprint density at radius 3 is 2.29 bits per heavy atom. The maximum atomic E-state index is 12.8. The molecule has 0 aliphatic heterocycles. The van der Waals surface area contributed by atoms with E-state index in [0.717, 1.165) is 5.56 Å². The van der Waals surface area contributed by atoms with Gasteiger partial charge in [0.05, 0.1) is 6.04 Å². The van der Waals surface area contributed by atoms with Gasteiger partial charge < -0.3 is 10.6 Å². The molecule has 0 heterocycles. The van der Waals surface area contributed by atoms with Crippen molar-refractivity contribution >= 4 is 11.8 Å². The molecule has 5 heteroatoms. The summed E-state index contributed by atoms with van der Waals surface area (Å²) in [4.78, 5) is 23.4. The third-order valence-electron chi connectivity index (χ3n) is 3.07. The minimum absolute atomic E-state index is 0.0816. The largest absolute Gasteiger partial charge is 0.355 e. The topological polar surface area (TPSA) is 58.2 Å². The van der Waals surface area contributed by atoms with Crippen LogP contribution in [0.25, 0.3) is 0 Å². The minimum Gasteiger partial charge on any atom is -0.355 e. The monoisotopic (exact) mass is 294 g/mol. The molecule has 0 saturated carbocycles. The highest BCUT2D eigenvalue weighted by Crippen LogP contribution is 2.13. The smallest absolute Gasteiger partial charge is 0.225 e. The molecule has 21 heavy (non-hydrogen) atoms. The molecular weight excluding hydrogens is 271 g/mol. The van der Waals surface area contributed by atoms with Gasteiger partial charge >= 0.3 is 0 Å². The second-order valence-electron chi connectivity index (χ2n) is 6.10. The number of hydrogen-bond acceptors (Lipinski definition) is 2. The lowest BCUT2D eigenvalue weighted by atomic mass is 9.96. The molecule has 0 saturated heterocycles. The molecule has 0 fully saturated rings. The van der Waals surface area contributed by atoms with E-state index < -0.39 is 5.41 Å².